The fourth-order valence-corrected chi connectivity index (χ4v) is 2.09. The minimum absolute atomic E-state index is 0.181. The van der Waals surface area contributed by atoms with Crippen LogP contribution in [0.15, 0.2) is 24.3 Å². The van der Waals surface area contributed by atoms with Crippen molar-refractivity contribution >= 4 is 22.6 Å². The molecule has 2 unspecified atom stereocenters. The first-order valence-electron chi connectivity index (χ1n) is 4.72. The molecule has 1 rings (SSSR count). The maximum Gasteiger partial charge on any atom is 0.0755 e. The third kappa shape index (κ3) is 2.68. The maximum absolute atomic E-state index is 9.84. The molecular formula is C11H16INO. The molecule has 0 radical (unpaired) electrons. The van der Waals surface area contributed by atoms with Crippen LogP contribution >= 0.6 is 22.6 Å². The predicted molar refractivity (Wildman–Crippen MR) is 66.9 cm³/mol. The number of hydrogen-bond donors (Lipinski definition) is 2. The van der Waals surface area contributed by atoms with Gasteiger partial charge in [0.05, 0.1) is 12.1 Å². The minimum atomic E-state index is -0.481. The normalized spacial score (nSPS) is 15.6. The lowest BCUT2D eigenvalue weighted by Gasteiger charge is -2.23. The first-order chi connectivity index (χ1) is 6.54. The zero-order chi connectivity index (χ0) is 10.7. The lowest BCUT2D eigenvalue weighted by Crippen LogP contribution is -2.31. The van der Waals surface area contributed by atoms with Gasteiger partial charge in [0.1, 0.15) is 0 Å². The molecule has 0 amide bonds. The molecular weight excluding hydrogens is 289 g/mol. The van der Waals surface area contributed by atoms with Gasteiger partial charge in [0.15, 0.2) is 0 Å². The van der Waals surface area contributed by atoms with Gasteiger partial charge in [-0.3, -0.25) is 0 Å². The number of benzene rings is 1. The molecule has 0 bridgehead atoms. The third-order valence-corrected chi connectivity index (χ3v) is 3.30. The van der Waals surface area contributed by atoms with E-state index in [0.29, 0.717) is 0 Å². The zero-order valence-corrected chi connectivity index (χ0v) is 10.6. The highest BCUT2D eigenvalue weighted by Crippen LogP contribution is 2.23. The van der Waals surface area contributed by atoms with E-state index in [1.807, 2.05) is 38.1 Å². The van der Waals surface area contributed by atoms with E-state index in [-0.39, 0.29) is 12.0 Å². The van der Waals surface area contributed by atoms with Crippen LogP contribution in [0, 0.1) is 9.49 Å². The average Bonchev–Trinajstić information content (AvgIpc) is 2.16. The molecule has 0 saturated heterocycles. The molecule has 0 aliphatic rings. The highest BCUT2D eigenvalue weighted by molar-refractivity contribution is 14.1. The Bertz CT molecular complexity index is 301. The Labute approximate surface area is 98.7 Å². The minimum Gasteiger partial charge on any atom is -0.391 e. The second kappa shape index (κ2) is 5.09. The molecule has 2 nitrogen and oxygen atoms in total. The van der Waals surface area contributed by atoms with Gasteiger partial charge in [-0.25, -0.2) is 0 Å². The molecule has 0 saturated carbocycles. The number of hydrogen-bond acceptors (Lipinski definition) is 2. The van der Waals surface area contributed by atoms with E-state index in [9.17, 15) is 5.11 Å². The first kappa shape index (κ1) is 11.9. The second-order valence-electron chi connectivity index (χ2n) is 3.78. The summed E-state index contributed by atoms with van der Waals surface area (Å²) in [5, 5.41) is 9.84. The van der Waals surface area contributed by atoms with E-state index in [0.717, 1.165) is 9.13 Å². The number of rotatable bonds is 3. The van der Waals surface area contributed by atoms with Crippen molar-refractivity contribution in [3.8, 4) is 0 Å². The SMILES string of the molecule is CC(C)C(O)C(N)c1ccccc1I. The summed E-state index contributed by atoms with van der Waals surface area (Å²) in [4.78, 5) is 0. The quantitative estimate of drug-likeness (QED) is 0.842. The Morgan fingerprint density at radius 1 is 1.29 bits per heavy atom. The van der Waals surface area contributed by atoms with Crippen molar-refractivity contribution in [3.63, 3.8) is 0 Å². The molecule has 3 N–H and O–H groups in total. The molecule has 0 spiro atoms. The van der Waals surface area contributed by atoms with Crippen molar-refractivity contribution in [1.82, 2.24) is 0 Å². The lowest BCUT2D eigenvalue weighted by atomic mass is 9.95. The van der Waals surface area contributed by atoms with Crippen molar-refractivity contribution < 1.29 is 5.11 Å². The molecule has 0 aliphatic heterocycles. The first-order valence-corrected chi connectivity index (χ1v) is 5.80. The lowest BCUT2D eigenvalue weighted by molar-refractivity contribution is 0.0977. The van der Waals surface area contributed by atoms with Gasteiger partial charge in [-0.15, -0.1) is 0 Å². The van der Waals surface area contributed by atoms with Crippen LogP contribution in [0.25, 0.3) is 0 Å². The highest BCUT2D eigenvalue weighted by atomic mass is 127. The van der Waals surface area contributed by atoms with E-state index < -0.39 is 6.10 Å². The molecule has 14 heavy (non-hydrogen) atoms. The van der Waals surface area contributed by atoms with Gasteiger partial charge in [-0.1, -0.05) is 32.0 Å². The van der Waals surface area contributed by atoms with E-state index in [2.05, 4.69) is 22.6 Å². The van der Waals surface area contributed by atoms with Crippen molar-refractivity contribution in [1.29, 1.82) is 0 Å². The van der Waals surface area contributed by atoms with E-state index in [1.165, 1.54) is 0 Å². The van der Waals surface area contributed by atoms with Crippen LogP contribution in [0.4, 0.5) is 0 Å². The number of nitrogens with two attached hydrogens (primary N) is 1. The molecule has 78 valence electrons. The van der Waals surface area contributed by atoms with Gasteiger partial charge in [-0.05, 0) is 40.1 Å². The maximum atomic E-state index is 9.84. The number of halogens is 1. The zero-order valence-electron chi connectivity index (χ0n) is 8.44. The Kier molecular flexibility index (Phi) is 4.34. The van der Waals surface area contributed by atoms with Crippen molar-refractivity contribution in [2.24, 2.45) is 11.7 Å². The van der Waals surface area contributed by atoms with Gasteiger partial charge in [0.2, 0.25) is 0 Å². The average molecular weight is 305 g/mol. The van der Waals surface area contributed by atoms with E-state index >= 15 is 0 Å². The van der Waals surface area contributed by atoms with Crippen LogP contribution in [0.5, 0.6) is 0 Å². The smallest absolute Gasteiger partial charge is 0.0755 e. The monoisotopic (exact) mass is 305 g/mol. The summed E-state index contributed by atoms with van der Waals surface area (Å²) in [5.74, 6) is 0.181. The summed E-state index contributed by atoms with van der Waals surface area (Å²) in [5.41, 5.74) is 7.01. The molecule has 0 aliphatic carbocycles. The molecule has 0 aromatic heterocycles. The van der Waals surface area contributed by atoms with Crippen LogP contribution in [-0.2, 0) is 0 Å². The highest BCUT2D eigenvalue weighted by Gasteiger charge is 2.21. The molecule has 0 heterocycles. The molecule has 3 heteroatoms. The molecule has 1 aromatic rings. The Hall–Kier alpha value is -0.130. The van der Waals surface area contributed by atoms with Gasteiger partial charge in [0, 0.05) is 3.57 Å². The largest absolute Gasteiger partial charge is 0.391 e. The summed E-state index contributed by atoms with van der Waals surface area (Å²) < 4.78 is 1.11. The molecule has 1 aromatic carbocycles. The summed E-state index contributed by atoms with van der Waals surface area (Å²) in [6.45, 7) is 3.95. The van der Waals surface area contributed by atoms with Crippen LogP contribution < -0.4 is 5.73 Å². The van der Waals surface area contributed by atoms with Crippen LogP contribution in [-0.4, -0.2) is 11.2 Å². The summed E-state index contributed by atoms with van der Waals surface area (Å²) in [6, 6.07) is 7.61. The van der Waals surface area contributed by atoms with E-state index in [1.54, 1.807) is 0 Å². The van der Waals surface area contributed by atoms with Gasteiger partial charge in [0.25, 0.3) is 0 Å². The molecule has 2 atom stereocenters. The number of aliphatic hydroxyl groups excluding tert-OH is 1. The van der Waals surface area contributed by atoms with Crippen LogP contribution in [0.1, 0.15) is 25.5 Å². The van der Waals surface area contributed by atoms with Crippen LogP contribution in [0.2, 0.25) is 0 Å². The van der Waals surface area contributed by atoms with Crippen LogP contribution in [0.3, 0.4) is 0 Å². The molecule has 0 fully saturated rings. The fraction of sp³-hybridized carbons (Fsp3) is 0.455. The number of aliphatic hydroxyl groups is 1. The van der Waals surface area contributed by atoms with Crippen molar-refractivity contribution in [2.75, 3.05) is 0 Å². The summed E-state index contributed by atoms with van der Waals surface area (Å²) >= 11 is 2.24. The van der Waals surface area contributed by atoms with Crippen molar-refractivity contribution in [3.05, 3.63) is 33.4 Å². The van der Waals surface area contributed by atoms with Crippen molar-refractivity contribution in [2.45, 2.75) is 26.0 Å². The Morgan fingerprint density at radius 2 is 1.86 bits per heavy atom. The summed E-state index contributed by atoms with van der Waals surface area (Å²) in [7, 11) is 0. The topological polar surface area (TPSA) is 46.2 Å². The third-order valence-electron chi connectivity index (χ3n) is 2.32. The van der Waals surface area contributed by atoms with Gasteiger partial charge < -0.3 is 10.8 Å². The summed E-state index contributed by atoms with van der Waals surface area (Å²) in [6.07, 6.45) is -0.481. The Balaban J connectivity index is 2.89. The van der Waals surface area contributed by atoms with Gasteiger partial charge >= 0.3 is 0 Å². The predicted octanol–water partition coefficient (Wildman–Crippen LogP) is 2.31. The second-order valence-corrected chi connectivity index (χ2v) is 4.94. The fourth-order valence-electron chi connectivity index (χ4n) is 1.34. The van der Waals surface area contributed by atoms with Gasteiger partial charge in [-0.2, -0.15) is 0 Å². The standard InChI is InChI=1S/C11H16INO/c1-7(2)11(14)10(13)8-5-3-4-6-9(8)12/h3-7,10-11,14H,13H2,1-2H3. The Morgan fingerprint density at radius 3 is 2.36 bits per heavy atom. The van der Waals surface area contributed by atoms with E-state index in [4.69, 9.17) is 5.73 Å².